The molecule has 0 N–H and O–H groups in total. The van der Waals surface area contributed by atoms with Crippen molar-refractivity contribution in [3.05, 3.63) is 74.6 Å². The van der Waals surface area contributed by atoms with Crippen molar-refractivity contribution in [2.75, 3.05) is 33.3 Å². The lowest BCUT2D eigenvalue weighted by atomic mass is 9.98. The molecule has 0 saturated carbocycles. The number of carbonyl (C=O) groups excluding carboxylic acids is 1. The second-order valence-electron chi connectivity index (χ2n) is 7.87. The van der Waals surface area contributed by atoms with Crippen molar-refractivity contribution in [3.63, 3.8) is 0 Å². The van der Waals surface area contributed by atoms with E-state index in [9.17, 15) is 9.59 Å². The number of halogens is 1. The number of carbonyl (C=O) groups is 1. The molecule has 0 fully saturated rings. The second-order valence-corrected chi connectivity index (χ2v) is 8.31. The molecule has 0 saturated heterocycles. The minimum Gasteiger partial charge on any atom is -0.497 e. The van der Waals surface area contributed by atoms with Crippen LogP contribution in [0, 0.1) is 0 Å². The summed E-state index contributed by atoms with van der Waals surface area (Å²) in [5.41, 5.74) is 1.31. The Morgan fingerprint density at radius 2 is 1.91 bits per heavy atom. The first kappa shape index (κ1) is 22.4. The molecule has 0 aliphatic carbocycles. The molecule has 3 aromatic rings. The maximum atomic E-state index is 13.5. The molecule has 1 aliphatic heterocycles. The first-order valence-electron chi connectivity index (χ1n) is 10.9. The predicted octanol–water partition coefficient (Wildman–Crippen LogP) is 4.73. The van der Waals surface area contributed by atoms with Gasteiger partial charge in [0, 0.05) is 11.6 Å². The quantitative estimate of drug-likeness (QED) is 0.492. The van der Waals surface area contributed by atoms with Gasteiger partial charge in [-0.3, -0.25) is 9.59 Å². The molecule has 2 aromatic carbocycles. The van der Waals surface area contributed by atoms with Crippen LogP contribution in [0.5, 0.6) is 5.75 Å². The van der Waals surface area contributed by atoms with Gasteiger partial charge in [-0.15, -0.1) is 0 Å². The van der Waals surface area contributed by atoms with E-state index in [1.165, 1.54) is 0 Å². The minimum atomic E-state index is -0.538. The van der Waals surface area contributed by atoms with Gasteiger partial charge in [-0.25, -0.2) is 0 Å². The van der Waals surface area contributed by atoms with Gasteiger partial charge in [0.2, 0.25) is 5.76 Å². The highest BCUT2D eigenvalue weighted by molar-refractivity contribution is 6.31. The molecule has 1 atom stereocenters. The van der Waals surface area contributed by atoms with Gasteiger partial charge < -0.3 is 19.0 Å². The molecule has 1 amide bonds. The van der Waals surface area contributed by atoms with Crippen molar-refractivity contribution in [1.29, 1.82) is 0 Å². The SMILES string of the molecule is CCN(CC)CCCN1C(=O)c2oc3ccc(Cl)cc3c(=O)c2C1c1cccc(OC)c1. The van der Waals surface area contributed by atoms with Crippen LogP contribution in [0.3, 0.4) is 0 Å². The summed E-state index contributed by atoms with van der Waals surface area (Å²) in [7, 11) is 1.60. The summed E-state index contributed by atoms with van der Waals surface area (Å²) in [6, 6.07) is 11.8. The van der Waals surface area contributed by atoms with Crippen molar-refractivity contribution in [1.82, 2.24) is 9.80 Å². The maximum Gasteiger partial charge on any atom is 0.290 e. The number of ether oxygens (including phenoxy) is 1. The van der Waals surface area contributed by atoms with E-state index in [0.29, 0.717) is 33.8 Å². The van der Waals surface area contributed by atoms with Gasteiger partial charge in [0.05, 0.1) is 24.1 Å². The molecule has 2 heterocycles. The van der Waals surface area contributed by atoms with Crippen LogP contribution < -0.4 is 10.2 Å². The Morgan fingerprint density at radius 3 is 2.62 bits per heavy atom. The van der Waals surface area contributed by atoms with Gasteiger partial charge >= 0.3 is 0 Å². The number of hydrogen-bond acceptors (Lipinski definition) is 5. The molecule has 1 aromatic heterocycles. The zero-order chi connectivity index (χ0) is 22.8. The first-order valence-corrected chi connectivity index (χ1v) is 11.3. The number of nitrogens with zero attached hydrogens (tertiary/aromatic N) is 2. The highest BCUT2D eigenvalue weighted by Gasteiger charge is 2.42. The standard InChI is InChI=1S/C25H27ClN2O4/c1-4-27(5-2)12-7-13-28-22(16-8-6-9-18(14-16)31-3)21-23(29)19-15-17(26)10-11-20(19)32-24(21)25(28)30/h6,8-11,14-15,22H,4-5,7,12-13H2,1-3H3. The number of amides is 1. The summed E-state index contributed by atoms with van der Waals surface area (Å²) < 4.78 is 11.4. The Kier molecular flexibility index (Phi) is 6.53. The maximum absolute atomic E-state index is 13.5. The second kappa shape index (κ2) is 9.35. The lowest BCUT2D eigenvalue weighted by molar-refractivity contribution is 0.0720. The molecular weight excluding hydrogens is 428 g/mol. The molecule has 1 unspecified atom stereocenters. The average Bonchev–Trinajstić information content (AvgIpc) is 3.09. The van der Waals surface area contributed by atoms with Crippen LogP contribution in [-0.4, -0.2) is 49.0 Å². The number of rotatable bonds is 8. The molecule has 7 heteroatoms. The van der Waals surface area contributed by atoms with Gasteiger partial charge in [0.25, 0.3) is 5.91 Å². The molecule has 1 aliphatic rings. The third-order valence-electron chi connectivity index (χ3n) is 6.11. The molecule has 0 bridgehead atoms. The Labute approximate surface area is 192 Å². The summed E-state index contributed by atoms with van der Waals surface area (Å²) in [5, 5.41) is 0.824. The zero-order valence-electron chi connectivity index (χ0n) is 18.6. The fourth-order valence-electron chi connectivity index (χ4n) is 4.39. The molecule has 6 nitrogen and oxygen atoms in total. The van der Waals surface area contributed by atoms with Crippen molar-refractivity contribution in [2.45, 2.75) is 26.3 Å². The van der Waals surface area contributed by atoms with Gasteiger partial charge in [0.15, 0.2) is 5.43 Å². The van der Waals surface area contributed by atoms with E-state index in [1.807, 2.05) is 24.3 Å². The fourth-order valence-corrected chi connectivity index (χ4v) is 4.56. The summed E-state index contributed by atoms with van der Waals surface area (Å²) in [5.74, 6) is 0.515. The Morgan fingerprint density at radius 1 is 1.12 bits per heavy atom. The zero-order valence-corrected chi connectivity index (χ0v) is 19.3. The van der Waals surface area contributed by atoms with Crippen molar-refractivity contribution < 1.29 is 13.9 Å². The van der Waals surface area contributed by atoms with Gasteiger partial charge in [-0.05, 0) is 62.0 Å². The normalized spacial score (nSPS) is 15.6. The number of hydrogen-bond donors (Lipinski definition) is 0. The van der Waals surface area contributed by atoms with Crippen LogP contribution in [0.4, 0.5) is 0 Å². The van der Waals surface area contributed by atoms with Crippen molar-refractivity contribution >= 4 is 28.5 Å². The lowest BCUT2D eigenvalue weighted by Crippen LogP contribution is -2.33. The van der Waals surface area contributed by atoms with Crippen LogP contribution in [0.15, 0.2) is 51.7 Å². The predicted molar refractivity (Wildman–Crippen MR) is 126 cm³/mol. The van der Waals surface area contributed by atoms with E-state index in [1.54, 1.807) is 30.2 Å². The van der Waals surface area contributed by atoms with Crippen LogP contribution in [0.25, 0.3) is 11.0 Å². The van der Waals surface area contributed by atoms with E-state index in [4.69, 9.17) is 20.8 Å². The van der Waals surface area contributed by atoms with E-state index < -0.39 is 6.04 Å². The topological polar surface area (TPSA) is 63.0 Å². The van der Waals surface area contributed by atoms with E-state index in [-0.39, 0.29) is 17.1 Å². The third-order valence-corrected chi connectivity index (χ3v) is 6.34. The largest absolute Gasteiger partial charge is 0.497 e. The Hall–Kier alpha value is -2.83. The molecule has 0 radical (unpaired) electrons. The van der Waals surface area contributed by atoms with Gasteiger partial charge in [-0.2, -0.15) is 0 Å². The van der Waals surface area contributed by atoms with E-state index in [0.717, 1.165) is 31.6 Å². The first-order chi connectivity index (χ1) is 15.5. The van der Waals surface area contributed by atoms with Gasteiger partial charge in [0.1, 0.15) is 11.3 Å². The number of fused-ring (bicyclic) bond motifs is 2. The Balaban J connectivity index is 1.82. The monoisotopic (exact) mass is 454 g/mol. The molecule has 4 rings (SSSR count). The number of methoxy groups -OCH3 is 1. The van der Waals surface area contributed by atoms with Gasteiger partial charge in [-0.1, -0.05) is 37.6 Å². The fraction of sp³-hybridized carbons (Fsp3) is 0.360. The van der Waals surface area contributed by atoms with Crippen LogP contribution in [0.1, 0.15) is 48.0 Å². The van der Waals surface area contributed by atoms with Crippen LogP contribution in [0.2, 0.25) is 5.02 Å². The molecule has 168 valence electrons. The minimum absolute atomic E-state index is 0.112. The number of benzene rings is 2. The van der Waals surface area contributed by atoms with E-state index in [2.05, 4.69) is 18.7 Å². The summed E-state index contributed by atoms with van der Waals surface area (Å²) in [6.45, 7) is 7.54. The molecular formula is C25H27ClN2O4. The highest BCUT2D eigenvalue weighted by atomic mass is 35.5. The van der Waals surface area contributed by atoms with Crippen molar-refractivity contribution in [3.8, 4) is 5.75 Å². The summed E-state index contributed by atoms with van der Waals surface area (Å²) in [6.07, 6.45) is 0.793. The lowest BCUT2D eigenvalue weighted by Gasteiger charge is -2.27. The molecule has 0 spiro atoms. The van der Waals surface area contributed by atoms with E-state index >= 15 is 0 Å². The van der Waals surface area contributed by atoms with Crippen LogP contribution >= 0.6 is 11.6 Å². The average molecular weight is 455 g/mol. The summed E-state index contributed by atoms with van der Waals surface area (Å²) in [4.78, 5) is 31.0. The highest BCUT2D eigenvalue weighted by Crippen LogP contribution is 2.39. The van der Waals surface area contributed by atoms with Crippen molar-refractivity contribution in [2.24, 2.45) is 0 Å². The smallest absolute Gasteiger partial charge is 0.290 e. The van der Waals surface area contributed by atoms with Crippen LogP contribution in [-0.2, 0) is 0 Å². The Bertz CT molecular complexity index is 1200. The molecule has 32 heavy (non-hydrogen) atoms. The third kappa shape index (κ3) is 4.00. The summed E-state index contributed by atoms with van der Waals surface area (Å²) >= 11 is 6.14.